The molecule has 0 atom stereocenters. The molecule has 0 saturated heterocycles. The van der Waals surface area contributed by atoms with Gasteiger partial charge in [0, 0.05) is 55.8 Å². The highest BCUT2D eigenvalue weighted by Crippen LogP contribution is 2.56. The summed E-state index contributed by atoms with van der Waals surface area (Å²) in [6, 6.07) is 86.1. The second-order valence-corrected chi connectivity index (χ2v) is 45.8. The number of anilines is 6. The van der Waals surface area contributed by atoms with Crippen molar-refractivity contribution in [3.63, 3.8) is 0 Å². The van der Waals surface area contributed by atoms with E-state index < -0.39 is 12.8 Å². The van der Waals surface area contributed by atoms with Crippen LogP contribution in [0.3, 0.4) is 0 Å². The normalized spacial score (nSPS) is 14.3. The minimum Gasteiger partial charge on any atom is -0.310 e. The summed E-state index contributed by atoms with van der Waals surface area (Å²) < 4.78 is 50.4. The van der Waals surface area contributed by atoms with E-state index in [9.17, 15) is 5.48 Å². The predicted octanol–water partition coefficient (Wildman–Crippen LogP) is 31.8. The van der Waals surface area contributed by atoms with Crippen molar-refractivity contribution in [2.24, 2.45) is 0 Å². The Balaban J connectivity index is 1.19. The lowest BCUT2D eigenvalue weighted by molar-refractivity contribution is 0.568. The maximum atomic E-state index is 9.96. The van der Waals surface area contributed by atoms with E-state index >= 15 is 0 Å². The van der Waals surface area contributed by atoms with E-state index in [0.717, 1.165) is 123 Å². The summed E-state index contributed by atoms with van der Waals surface area (Å²) in [5, 5.41) is 2.34. The molecule has 2 aliphatic rings. The molecule has 122 heavy (non-hydrogen) atoms. The van der Waals surface area contributed by atoms with Gasteiger partial charge in [0.1, 0.15) is 0 Å². The molecule has 0 aliphatic carbocycles. The van der Waals surface area contributed by atoms with Crippen molar-refractivity contribution < 1.29 is 6.85 Å². The monoisotopic (exact) mass is 1610 g/mol. The molecule has 1 aromatic heterocycles. The van der Waals surface area contributed by atoms with E-state index in [1.165, 1.54) is 66.4 Å². The van der Waals surface area contributed by atoms with Crippen LogP contribution in [-0.2, 0) is 54.1 Å². The number of hydrogen-bond donors (Lipinski definition) is 0. The molecule has 622 valence electrons. The van der Waals surface area contributed by atoms with Crippen LogP contribution in [0.25, 0.3) is 94.3 Å². The van der Waals surface area contributed by atoms with Gasteiger partial charge in [-0.15, -0.1) is 0 Å². The Labute approximate surface area is 740 Å². The number of nitrogens with zero attached hydrogens (tertiary/aromatic N) is 3. The number of para-hydroxylation sites is 2. The van der Waals surface area contributed by atoms with Crippen molar-refractivity contribution in [1.29, 1.82) is 0 Å². The predicted molar refractivity (Wildman–Crippen MR) is 534 cm³/mol. The van der Waals surface area contributed by atoms with Crippen molar-refractivity contribution in [2.75, 3.05) is 9.80 Å². The van der Waals surface area contributed by atoms with Gasteiger partial charge in [-0.1, -0.05) is 414 Å². The molecule has 2 aliphatic heterocycles. The first kappa shape index (κ1) is 78.6. The van der Waals surface area contributed by atoms with E-state index in [1.807, 2.05) is 6.07 Å². The average molecular weight is 1610 g/mol. The lowest BCUT2D eigenvalue weighted by Gasteiger charge is -2.46. The summed E-state index contributed by atoms with van der Waals surface area (Å²) in [5.74, 6) is 0. The zero-order valence-corrected chi connectivity index (χ0v) is 78.8. The quantitative estimate of drug-likeness (QED) is 0.133. The van der Waals surface area contributed by atoms with Crippen molar-refractivity contribution in [3.8, 4) is 72.4 Å². The molecule has 0 unspecified atom stereocenters. The summed E-state index contributed by atoms with van der Waals surface area (Å²) >= 11 is 0. The van der Waals surface area contributed by atoms with Crippen molar-refractivity contribution in [2.45, 2.75) is 262 Å². The van der Waals surface area contributed by atoms with Gasteiger partial charge >= 0.3 is 0 Å². The first-order chi connectivity index (χ1) is 58.9. The number of aromatic nitrogens is 1. The van der Waals surface area contributed by atoms with Crippen LogP contribution in [0.15, 0.2) is 255 Å². The summed E-state index contributed by atoms with van der Waals surface area (Å²) in [4.78, 5) is 5.29. The standard InChI is InChI=1S/C118H132BN3/c1-109(2,3)81-48-42-74(43-49-81)92-38-34-40-94(79-60-87(115(19,20)21)67-88(61-79)116(22,23)24)107(92)121-102-64-76(73-36-32-31-33-37-73)46-54-98(102)119-99-55-47-77(78-58-85(113(13,14)15)66-86(59-78)114(16,17)18)65-103(99)122(105-72-91(71-104(121)106(105)119)120-100-56-52-83(111(7,8)9)69-96(100)97-70-84(112(10,11)12)53-57-101(97)120)108-93(75-44-50-82(51-45-75)110(4,5)6)39-35-41-95(108)80-62-89(117(25,26)27)68-90(63-80)118(28,29)30/h31-72H,1-30H3/i31D,32D,33D,36D,37D. The molecular weight excluding hydrogens is 1470 g/mol. The van der Waals surface area contributed by atoms with Crippen LogP contribution >= 0.6 is 0 Å². The summed E-state index contributed by atoms with van der Waals surface area (Å²) in [6.07, 6.45) is 0. The van der Waals surface area contributed by atoms with Crippen LogP contribution in [0.4, 0.5) is 34.1 Å². The fraction of sp³-hybridized carbons (Fsp3) is 0.339. The first-order valence-corrected chi connectivity index (χ1v) is 44.6. The summed E-state index contributed by atoms with van der Waals surface area (Å²) in [5.41, 5.74) is 33.8. The minimum absolute atomic E-state index is 0.125. The lowest BCUT2D eigenvalue weighted by Crippen LogP contribution is -2.61. The summed E-state index contributed by atoms with van der Waals surface area (Å²) in [7, 11) is 0. The Morgan fingerprint density at radius 1 is 0.230 bits per heavy atom. The van der Waals surface area contributed by atoms with Crippen LogP contribution in [0.1, 0.15) is 270 Å². The molecule has 16 rings (SSSR count). The molecular formula is C118H132BN3. The maximum absolute atomic E-state index is 9.96. The second-order valence-electron chi connectivity index (χ2n) is 45.8. The van der Waals surface area contributed by atoms with E-state index in [0.29, 0.717) is 5.56 Å². The number of rotatable bonds is 9. The highest BCUT2D eigenvalue weighted by atomic mass is 15.2. The SMILES string of the molecule is [2H]c1c([2H])c([2H])c(-c2ccc3c(c2)N(c2c(-c4ccc(C(C)(C)C)cc4)cccc2-c2cc(C(C)(C)C)cc(C(C)(C)C)c2)c2cc(-n4c5ccc(C(C)(C)C)cc5c5cc(C(C)(C)C)ccc54)cc4c2B3c2ccc(-c3cc(C(C)(C)C)cc(C(C)(C)C)c3)cc2N4c2c(-c3ccc(C(C)(C)C)cc3)cccc2-c2cc(C(C)(C)C)cc(C(C)(C)C)c2)c([2H])c1[2H]. The van der Waals surface area contributed by atoms with E-state index in [-0.39, 0.29) is 83.9 Å². The van der Waals surface area contributed by atoms with Crippen LogP contribution in [-0.4, -0.2) is 11.3 Å². The largest absolute Gasteiger partial charge is 0.310 e. The molecule has 0 saturated carbocycles. The molecule has 13 aromatic carbocycles. The van der Waals surface area contributed by atoms with Gasteiger partial charge in [0.15, 0.2) is 0 Å². The van der Waals surface area contributed by atoms with Crippen LogP contribution in [0.5, 0.6) is 0 Å². The van der Waals surface area contributed by atoms with Gasteiger partial charge < -0.3 is 14.4 Å². The van der Waals surface area contributed by atoms with E-state index in [4.69, 9.17) is 1.37 Å². The topological polar surface area (TPSA) is 11.4 Å². The van der Waals surface area contributed by atoms with Crippen LogP contribution in [0, 0.1) is 0 Å². The van der Waals surface area contributed by atoms with Gasteiger partial charge in [0.25, 0.3) is 6.71 Å². The maximum Gasteiger partial charge on any atom is 0.252 e. The Morgan fingerprint density at radius 2 is 0.516 bits per heavy atom. The Hall–Kier alpha value is -10.7. The van der Waals surface area contributed by atoms with Gasteiger partial charge in [-0.25, -0.2) is 0 Å². The number of fused-ring (bicyclic) bond motifs is 7. The van der Waals surface area contributed by atoms with Gasteiger partial charge in [-0.2, -0.15) is 0 Å². The van der Waals surface area contributed by atoms with E-state index in [1.54, 1.807) is 0 Å². The van der Waals surface area contributed by atoms with Gasteiger partial charge in [0.2, 0.25) is 0 Å². The second kappa shape index (κ2) is 29.5. The highest BCUT2D eigenvalue weighted by molar-refractivity contribution is 7.00. The molecule has 0 fully saturated rings. The van der Waals surface area contributed by atoms with Crippen molar-refractivity contribution in [3.05, 3.63) is 310 Å². The molecule has 0 N–H and O–H groups in total. The third-order valence-corrected chi connectivity index (χ3v) is 26.2. The third-order valence-electron chi connectivity index (χ3n) is 26.2. The summed E-state index contributed by atoms with van der Waals surface area (Å²) in [6.45, 7) is 69.2. The van der Waals surface area contributed by atoms with Gasteiger partial charge in [-0.05, 0) is 219 Å². The average Bonchev–Trinajstić information content (AvgIpc) is 1.23. The molecule has 0 radical (unpaired) electrons. The molecule has 4 heteroatoms. The number of benzene rings is 13. The third kappa shape index (κ3) is 15.8. The molecule has 14 aromatic rings. The highest BCUT2D eigenvalue weighted by Gasteiger charge is 2.47. The molecule has 0 spiro atoms. The number of hydrogen-bond acceptors (Lipinski definition) is 2. The minimum atomic E-state index is -0.496. The van der Waals surface area contributed by atoms with Crippen molar-refractivity contribution in [1.82, 2.24) is 4.57 Å². The van der Waals surface area contributed by atoms with E-state index in [2.05, 4.69) is 440 Å². The first-order valence-electron chi connectivity index (χ1n) is 47.1. The van der Waals surface area contributed by atoms with Crippen LogP contribution in [0.2, 0.25) is 0 Å². The molecule has 3 nitrogen and oxygen atoms in total. The van der Waals surface area contributed by atoms with Crippen LogP contribution < -0.4 is 26.2 Å². The van der Waals surface area contributed by atoms with Gasteiger partial charge in [0.05, 0.1) is 34.9 Å². The fourth-order valence-electron chi connectivity index (χ4n) is 18.3. The van der Waals surface area contributed by atoms with Crippen molar-refractivity contribution >= 4 is 79.0 Å². The molecule has 0 bridgehead atoms. The fourth-order valence-corrected chi connectivity index (χ4v) is 18.3. The Kier molecular flexibility index (Phi) is 19.0. The Bertz CT molecular complexity index is 6580. The zero-order chi connectivity index (χ0) is 92.1. The lowest BCUT2D eigenvalue weighted by atomic mass is 9.33. The molecule has 3 heterocycles. The Morgan fingerprint density at radius 3 is 0.836 bits per heavy atom. The van der Waals surface area contributed by atoms with Gasteiger partial charge in [-0.3, -0.25) is 0 Å². The molecule has 0 amide bonds. The smallest absolute Gasteiger partial charge is 0.252 e. The zero-order valence-electron chi connectivity index (χ0n) is 83.8.